The zero-order valence-corrected chi connectivity index (χ0v) is 15.5. The van der Waals surface area contributed by atoms with Crippen LogP contribution in [0, 0.1) is 0 Å². The van der Waals surface area contributed by atoms with Crippen molar-refractivity contribution in [2.75, 3.05) is 38.2 Å². The Hall–Kier alpha value is -3.16. The fourth-order valence-corrected chi connectivity index (χ4v) is 2.86. The van der Waals surface area contributed by atoms with Crippen LogP contribution in [0.3, 0.4) is 0 Å². The Bertz CT molecular complexity index is 801. The number of nitrogens with one attached hydrogen (secondary N) is 1. The summed E-state index contributed by atoms with van der Waals surface area (Å²) < 4.78 is 5.12. The third-order valence-electron chi connectivity index (χ3n) is 4.50. The summed E-state index contributed by atoms with van der Waals surface area (Å²) in [5.41, 5.74) is 1.29. The minimum Gasteiger partial charge on any atom is -0.497 e. The Morgan fingerprint density at radius 2 is 1.81 bits per heavy atom. The molecule has 1 aromatic carbocycles. The van der Waals surface area contributed by atoms with Gasteiger partial charge in [0.25, 0.3) is 5.91 Å². The lowest BCUT2D eigenvalue weighted by molar-refractivity contribution is -0.129. The van der Waals surface area contributed by atoms with Gasteiger partial charge in [-0.25, -0.2) is 9.97 Å². The number of carbonyl (C=O) groups is 2. The number of amides is 2. The molecule has 0 spiro atoms. The van der Waals surface area contributed by atoms with Crippen molar-refractivity contribution in [1.82, 2.24) is 20.2 Å². The van der Waals surface area contributed by atoms with E-state index in [1.165, 1.54) is 0 Å². The van der Waals surface area contributed by atoms with Gasteiger partial charge in [0, 0.05) is 45.8 Å². The van der Waals surface area contributed by atoms with Crippen LogP contribution in [0.1, 0.15) is 23.0 Å². The standard InChI is InChI=1S/C19H23N5O3/c1-14(25)23-9-11-24(12-10-23)19-20-8-7-17(22-19)18(26)21-13-15-3-5-16(27-2)6-4-15/h3-8H,9-13H2,1-2H3,(H,21,26). The average Bonchev–Trinajstić information content (AvgIpc) is 2.72. The van der Waals surface area contributed by atoms with Gasteiger partial charge in [0.05, 0.1) is 7.11 Å². The van der Waals surface area contributed by atoms with E-state index < -0.39 is 0 Å². The van der Waals surface area contributed by atoms with Crippen LogP contribution < -0.4 is 15.0 Å². The van der Waals surface area contributed by atoms with Gasteiger partial charge in [0.1, 0.15) is 11.4 Å². The summed E-state index contributed by atoms with van der Waals surface area (Å²) in [6, 6.07) is 9.10. The fraction of sp³-hybridized carbons (Fsp3) is 0.368. The highest BCUT2D eigenvalue weighted by Crippen LogP contribution is 2.13. The van der Waals surface area contributed by atoms with Crippen LogP contribution in [0.25, 0.3) is 0 Å². The van der Waals surface area contributed by atoms with Gasteiger partial charge in [-0.3, -0.25) is 9.59 Å². The normalized spacial score (nSPS) is 14.0. The van der Waals surface area contributed by atoms with Gasteiger partial charge in [-0.1, -0.05) is 12.1 Å². The molecule has 2 aromatic rings. The van der Waals surface area contributed by atoms with Crippen molar-refractivity contribution >= 4 is 17.8 Å². The first kappa shape index (κ1) is 18.6. The molecule has 8 heteroatoms. The Balaban J connectivity index is 1.59. The number of ether oxygens (including phenoxy) is 1. The van der Waals surface area contributed by atoms with E-state index in [0.29, 0.717) is 44.4 Å². The number of carbonyl (C=O) groups excluding carboxylic acids is 2. The topological polar surface area (TPSA) is 87.7 Å². The molecule has 2 amide bonds. The maximum absolute atomic E-state index is 12.4. The number of nitrogens with zero attached hydrogens (tertiary/aromatic N) is 4. The smallest absolute Gasteiger partial charge is 0.270 e. The van der Waals surface area contributed by atoms with Gasteiger partial charge >= 0.3 is 0 Å². The van der Waals surface area contributed by atoms with E-state index in [-0.39, 0.29) is 11.8 Å². The first-order valence-corrected chi connectivity index (χ1v) is 8.81. The number of methoxy groups -OCH3 is 1. The number of rotatable bonds is 5. The molecule has 0 aliphatic carbocycles. The lowest BCUT2D eigenvalue weighted by atomic mass is 10.2. The average molecular weight is 369 g/mol. The highest BCUT2D eigenvalue weighted by molar-refractivity contribution is 5.92. The number of aromatic nitrogens is 2. The minimum atomic E-state index is -0.253. The molecule has 3 rings (SSSR count). The summed E-state index contributed by atoms with van der Waals surface area (Å²) in [4.78, 5) is 36.3. The van der Waals surface area contributed by atoms with Crippen LogP contribution in [0.5, 0.6) is 5.75 Å². The Kier molecular flexibility index (Phi) is 5.85. The predicted molar refractivity (Wildman–Crippen MR) is 101 cm³/mol. The van der Waals surface area contributed by atoms with Crippen molar-refractivity contribution < 1.29 is 14.3 Å². The van der Waals surface area contributed by atoms with Crippen LogP contribution in [0.2, 0.25) is 0 Å². The molecule has 0 unspecified atom stereocenters. The summed E-state index contributed by atoms with van der Waals surface area (Å²) in [5.74, 6) is 1.10. The van der Waals surface area contributed by atoms with Crippen LogP contribution in [0.15, 0.2) is 36.5 Å². The van der Waals surface area contributed by atoms with Gasteiger partial charge < -0.3 is 19.9 Å². The van der Waals surface area contributed by atoms with Crippen molar-refractivity contribution in [2.45, 2.75) is 13.5 Å². The number of hydrogen-bond donors (Lipinski definition) is 1. The van der Waals surface area contributed by atoms with Crippen LogP contribution in [0.4, 0.5) is 5.95 Å². The Morgan fingerprint density at radius 1 is 1.11 bits per heavy atom. The Labute approximate surface area is 158 Å². The first-order valence-electron chi connectivity index (χ1n) is 8.81. The number of hydrogen-bond acceptors (Lipinski definition) is 6. The lowest BCUT2D eigenvalue weighted by Crippen LogP contribution is -2.48. The molecule has 1 aliphatic rings. The van der Waals surface area contributed by atoms with Crippen molar-refractivity contribution in [3.8, 4) is 5.75 Å². The molecular formula is C19H23N5O3. The number of benzene rings is 1. The summed E-state index contributed by atoms with van der Waals surface area (Å²) in [6.45, 7) is 4.53. The van der Waals surface area contributed by atoms with Crippen LogP contribution in [-0.4, -0.2) is 60.0 Å². The molecule has 0 bridgehead atoms. The van der Waals surface area contributed by atoms with Gasteiger partial charge in [0.2, 0.25) is 11.9 Å². The lowest BCUT2D eigenvalue weighted by Gasteiger charge is -2.34. The maximum Gasteiger partial charge on any atom is 0.270 e. The van der Waals surface area contributed by atoms with E-state index in [9.17, 15) is 9.59 Å². The minimum absolute atomic E-state index is 0.0715. The predicted octanol–water partition coefficient (Wildman–Crippen LogP) is 1.08. The summed E-state index contributed by atoms with van der Waals surface area (Å²) in [5, 5.41) is 2.86. The highest BCUT2D eigenvalue weighted by Gasteiger charge is 2.21. The molecule has 0 saturated carbocycles. The van der Waals surface area contributed by atoms with E-state index in [2.05, 4.69) is 15.3 Å². The van der Waals surface area contributed by atoms with E-state index in [1.807, 2.05) is 29.2 Å². The largest absolute Gasteiger partial charge is 0.497 e. The molecule has 1 aromatic heterocycles. The van der Waals surface area contributed by atoms with E-state index in [4.69, 9.17) is 4.74 Å². The van der Waals surface area contributed by atoms with Gasteiger partial charge in [0.15, 0.2) is 0 Å². The summed E-state index contributed by atoms with van der Waals surface area (Å²) in [7, 11) is 1.61. The van der Waals surface area contributed by atoms with Crippen molar-refractivity contribution in [1.29, 1.82) is 0 Å². The summed E-state index contributed by atoms with van der Waals surface area (Å²) >= 11 is 0. The molecule has 1 saturated heterocycles. The van der Waals surface area contributed by atoms with Gasteiger partial charge in [-0.15, -0.1) is 0 Å². The third kappa shape index (κ3) is 4.72. The van der Waals surface area contributed by atoms with E-state index >= 15 is 0 Å². The molecule has 0 atom stereocenters. The van der Waals surface area contributed by atoms with Gasteiger partial charge in [-0.2, -0.15) is 0 Å². The van der Waals surface area contributed by atoms with Crippen molar-refractivity contribution in [3.63, 3.8) is 0 Å². The quantitative estimate of drug-likeness (QED) is 0.849. The van der Waals surface area contributed by atoms with E-state index in [1.54, 1.807) is 31.2 Å². The molecule has 8 nitrogen and oxygen atoms in total. The summed E-state index contributed by atoms with van der Waals surface area (Å²) in [6.07, 6.45) is 1.59. The molecule has 0 radical (unpaired) electrons. The molecular weight excluding hydrogens is 346 g/mol. The number of anilines is 1. The highest BCUT2D eigenvalue weighted by atomic mass is 16.5. The monoisotopic (exact) mass is 369 g/mol. The second kappa shape index (κ2) is 8.48. The Morgan fingerprint density at radius 3 is 2.44 bits per heavy atom. The maximum atomic E-state index is 12.4. The zero-order chi connectivity index (χ0) is 19.2. The fourth-order valence-electron chi connectivity index (χ4n) is 2.86. The van der Waals surface area contributed by atoms with Crippen LogP contribution in [-0.2, 0) is 11.3 Å². The number of piperazine rings is 1. The second-order valence-electron chi connectivity index (χ2n) is 6.27. The molecule has 27 heavy (non-hydrogen) atoms. The molecule has 142 valence electrons. The first-order chi connectivity index (χ1) is 13.1. The molecule has 1 aliphatic heterocycles. The zero-order valence-electron chi connectivity index (χ0n) is 15.5. The SMILES string of the molecule is COc1ccc(CNC(=O)c2ccnc(N3CCN(C(C)=O)CC3)n2)cc1. The van der Waals surface area contributed by atoms with Crippen molar-refractivity contribution in [3.05, 3.63) is 47.8 Å². The molecule has 1 fully saturated rings. The van der Waals surface area contributed by atoms with Gasteiger partial charge in [-0.05, 0) is 23.8 Å². The molecule has 1 N–H and O–H groups in total. The second-order valence-corrected chi connectivity index (χ2v) is 6.27. The molecule has 2 heterocycles. The van der Waals surface area contributed by atoms with E-state index in [0.717, 1.165) is 11.3 Å². The third-order valence-corrected chi connectivity index (χ3v) is 4.50. The van der Waals surface area contributed by atoms with Crippen LogP contribution >= 0.6 is 0 Å². The van der Waals surface area contributed by atoms with Crippen molar-refractivity contribution in [2.24, 2.45) is 0 Å².